The number of rotatable bonds is 4. The largest absolute Gasteiger partial charge is 0.462 e. The first kappa shape index (κ1) is 11.8. The fourth-order valence-electron chi connectivity index (χ4n) is 2.68. The normalized spacial score (nSPS) is 18.3. The molecule has 0 aliphatic carbocycles. The van der Waals surface area contributed by atoms with Crippen molar-refractivity contribution in [1.29, 1.82) is 0 Å². The number of esters is 1. The molecule has 0 radical (unpaired) electrons. The number of carbonyl (C=O) groups excluding carboxylic acids is 1. The van der Waals surface area contributed by atoms with Crippen molar-refractivity contribution in [2.75, 3.05) is 19.7 Å². The minimum Gasteiger partial charge on any atom is -0.462 e. The van der Waals surface area contributed by atoms with Crippen LogP contribution in [0.15, 0.2) is 28.7 Å². The van der Waals surface area contributed by atoms with Gasteiger partial charge in [-0.05, 0) is 38.9 Å². The zero-order chi connectivity index (χ0) is 16.4. The van der Waals surface area contributed by atoms with Crippen molar-refractivity contribution in [3.63, 3.8) is 0 Å². The molecular formula is C17H21NO3. The molecule has 4 heteroatoms. The number of para-hydroxylation sites is 1. The number of hydrogen-bond donors (Lipinski definition) is 0. The number of furan rings is 1. The molecule has 0 amide bonds. The maximum Gasteiger partial charge on any atom is 0.342 e. The van der Waals surface area contributed by atoms with Crippen molar-refractivity contribution >= 4 is 16.9 Å². The molecule has 21 heavy (non-hydrogen) atoms. The average molecular weight is 289 g/mol. The number of ether oxygens (including phenoxy) is 1. The van der Waals surface area contributed by atoms with E-state index in [9.17, 15) is 4.79 Å². The van der Waals surface area contributed by atoms with E-state index in [4.69, 9.17) is 11.9 Å². The Morgan fingerprint density at radius 1 is 1.33 bits per heavy atom. The van der Waals surface area contributed by atoms with Crippen molar-refractivity contribution in [3.05, 3.63) is 35.6 Å². The first-order chi connectivity index (χ1) is 11.1. The summed E-state index contributed by atoms with van der Waals surface area (Å²) in [4.78, 5) is 14.1. The lowest BCUT2D eigenvalue weighted by atomic mass is 10.1. The fourth-order valence-corrected chi connectivity index (χ4v) is 2.68. The molecule has 2 heterocycles. The van der Waals surface area contributed by atoms with Gasteiger partial charge in [0.2, 0.25) is 0 Å². The van der Waals surface area contributed by atoms with E-state index in [2.05, 4.69) is 0 Å². The molecule has 0 bridgehead atoms. The van der Waals surface area contributed by atoms with Crippen molar-refractivity contribution in [3.8, 4) is 0 Å². The summed E-state index contributed by atoms with van der Waals surface area (Å²) in [6.07, 6.45) is 3.01. The van der Waals surface area contributed by atoms with Crippen molar-refractivity contribution < 1.29 is 16.7 Å². The topological polar surface area (TPSA) is 42.7 Å². The van der Waals surface area contributed by atoms with Crippen LogP contribution in [0.1, 0.15) is 45.0 Å². The Kier molecular flexibility index (Phi) is 3.55. The summed E-state index contributed by atoms with van der Waals surface area (Å²) in [6.45, 7) is 1.46. The van der Waals surface area contributed by atoms with E-state index in [1.54, 1.807) is 36.1 Å². The highest BCUT2D eigenvalue weighted by Gasteiger charge is 2.23. The molecule has 0 saturated carbocycles. The smallest absolute Gasteiger partial charge is 0.342 e. The molecular weight excluding hydrogens is 266 g/mol. The third kappa shape index (κ3) is 2.95. The van der Waals surface area contributed by atoms with Crippen LogP contribution in [0.5, 0.6) is 0 Å². The molecule has 0 spiro atoms. The summed E-state index contributed by atoms with van der Waals surface area (Å²) in [7, 11) is 0. The number of hydrogen-bond acceptors (Lipinski definition) is 4. The van der Waals surface area contributed by atoms with Gasteiger partial charge < -0.3 is 9.15 Å². The standard InChI is InChI=1S/C17H21NO3/c1-2-20-17(19)16-13-8-4-5-9-14(13)21-15(16)12-18-10-6-3-7-11-18/h4-5,8-9H,2-3,6-7,10-12H2,1H3/i12D2. The van der Waals surface area contributed by atoms with E-state index < -0.39 is 12.5 Å². The molecule has 1 aromatic carbocycles. The van der Waals surface area contributed by atoms with Gasteiger partial charge in [0.05, 0.1) is 15.8 Å². The molecule has 3 rings (SSSR count). The molecule has 1 aliphatic rings. The van der Waals surface area contributed by atoms with Crippen molar-refractivity contribution in [1.82, 2.24) is 4.90 Å². The van der Waals surface area contributed by atoms with Crippen LogP contribution in [0.2, 0.25) is 0 Å². The van der Waals surface area contributed by atoms with Gasteiger partial charge in [-0.1, -0.05) is 24.6 Å². The lowest BCUT2D eigenvalue weighted by Crippen LogP contribution is -2.29. The molecule has 1 aromatic heterocycles. The first-order valence-electron chi connectivity index (χ1n) is 8.50. The lowest BCUT2D eigenvalue weighted by Gasteiger charge is -2.25. The highest BCUT2D eigenvalue weighted by Crippen LogP contribution is 2.28. The van der Waals surface area contributed by atoms with Gasteiger partial charge in [-0.25, -0.2) is 4.79 Å². The Labute approximate surface area is 127 Å². The summed E-state index contributed by atoms with van der Waals surface area (Å²) < 4.78 is 28.0. The van der Waals surface area contributed by atoms with Gasteiger partial charge in [-0.15, -0.1) is 0 Å². The summed E-state index contributed by atoms with van der Waals surface area (Å²) in [5.74, 6) is -0.479. The molecule has 112 valence electrons. The predicted octanol–water partition coefficient (Wildman–Crippen LogP) is 3.60. The van der Waals surface area contributed by atoms with E-state index in [0.29, 0.717) is 24.1 Å². The Morgan fingerprint density at radius 2 is 2.10 bits per heavy atom. The van der Waals surface area contributed by atoms with Crippen LogP contribution < -0.4 is 0 Å². The van der Waals surface area contributed by atoms with Gasteiger partial charge in [-0.2, -0.15) is 0 Å². The molecule has 0 atom stereocenters. The summed E-state index contributed by atoms with van der Waals surface area (Å²) >= 11 is 0. The van der Waals surface area contributed by atoms with Crippen LogP contribution >= 0.6 is 0 Å². The van der Waals surface area contributed by atoms with Crippen LogP contribution in [0.3, 0.4) is 0 Å². The Balaban J connectivity index is 2.11. The van der Waals surface area contributed by atoms with E-state index in [1.807, 2.05) is 0 Å². The molecule has 2 aromatic rings. The van der Waals surface area contributed by atoms with Gasteiger partial charge in [0.25, 0.3) is 0 Å². The quantitative estimate of drug-likeness (QED) is 0.807. The van der Waals surface area contributed by atoms with E-state index >= 15 is 0 Å². The van der Waals surface area contributed by atoms with Crippen LogP contribution in [-0.4, -0.2) is 30.6 Å². The third-order valence-electron chi connectivity index (χ3n) is 3.69. The second-order valence-corrected chi connectivity index (χ2v) is 5.18. The van der Waals surface area contributed by atoms with Crippen LogP contribution in [0, 0.1) is 0 Å². The number of carbonyl (C=O) groups is 1. The van der Waals surface area contributed by atoms with E-state index in [-0.39, 0.29) is 17.9 Å². The molecule has 1 saturated heterocycles. The fraction of sp³-hybridized carbons (Fsp3) is 0.471. The average Bonchev–Trinajstić information content (AvgIpc) is 2.96. The number of likely N-dealkylation sites (tertiary alicyclic amines) is 1. The lowest BCUT2D eigenvalue weighted by molar-refractivity contribution is 0.0523. The third-order valence-corrected chi connectivity index (χ3v) is 3.69. The number of piperidine rings is 1. The zero-order valence-electron chi connectivity index (χ0n) is 14.2. The Morgan fingerprint density at radius 3 is 2.86 bits per heavy atom. The number of fused-ring (bicyclic) bond motifs is 1. The van der Waals surface area contributed by atoms with Crippen LogP contribution in [0.25, 0.3) is 11.0 Å². The summed E-state index contributed by atoms with van der Waals surface area (Å²) in [5.41, 5.74) is 0.712. The Bertz CT molecular complexity index is 705. The highest BCUT2D eigenvalue weighted by molar-refractivity contribution is 6.04. The van der Waals surface area contributed by atoms with Gasteiger partial charge in [-0.3, -0.25) is 4.90 Å². The maximum atomic E-state index is 12.4. The molecule has 0 unspecified atom stereocenters. The molecule has 4 nitrogen and oxygen atoms in total. The number of benzene rings is 1. The van der Waals surface area contributed by atoms with Crippen molar-refractivity contribution in [2.45, 2.75) is 32.7 Å². The van der Waals surface area contributed by atoms with Gasteiger partial charge in [0.15, 0.2) is 0 Å². The predicted molar refractivity (Wildman–Crippen MR) is 81.3 cm³/mol. The van der Waals surface area contributed by atoms with Crippen LogP contribution in [-0.2, 0) is 11.2 Å². The SMILES string of the molecule is [2H]C([2H])(c1oc2ccccc2c1C(=O)OCC)N1CCCCC1. The van der Waals surface area contributed by atoms with Crippen molar-refractivity contribution in [2.24, 2.45) is 0 Å². The van der Waals surface area contributed by atoms with Gasteiger partial charge in [0.1, 0.15) is 16.9 Å². The number of nitrogens with zero attached hydrogens (tertiary/aromatic N) is 1. The van der Waals surface area contributed by atoms with Gasteiger partial charge >= 0.3 is 5.97 Å². The summed E-state index contributed by atoms with van der Waals surface area (Å²) in [5, 5.41) is 0.599. The molecule has 0 N–H and O–H groups in total. The minimum absolute atomic E-state index is 0.0547. The second kappa shape index (κ2) is 6.31. The molecule has 1 fully saturated rings. The minimum atomic E-state index is -1.83. The highest BCUT2D eigenvalue weighted by atomic mass is 16.5. The maximum absolute atomic E-state index is 12.4. The molecule has 1 aliphatic heterocycles. The van der Waals surface area contributed by atoms with E-state index in [1.165, 1.54) is 0 Å². The monoisotopic (exact) mass is 289 g/mol. The second-order valence-electron chi connectivity index (χ2n) is 5.18. The van der Waals surface area contributed by atoms with E-state index in [0.717, 1.165) is 19.3 Å². The first-order valence-corrected chi connectivity index (χ1v) is 7.50. The summed E-state index contributed by atoms with van der Waals surface area (Å²) in [6, 6.07) is 7.12. The van der Waals surface area contributed by atoms with Crippen LogP contribution in [0.4, 0.5) is 0 Å². The zero-order valence-corrected chi connectivity index (χ0v) is 12.2. The van der Waals surface area contributed by atoms with Gasteiger partial charge in [0, 0.05) is 5.39 Å². The Hall–Kier alpha value is -1.81.